The van der Waals surface area contributed by atoms with Crippen molar-refractivity contribution in [2.24, 2.45) is 0 Å². The van der Waals surface area contributed by atoms with Gasteiger partial charge in [0.15, 0.2) is 0 Å². The van der Waals surface area contributed by atoms with Crippen LogP contribution in [0.15, 0.2) is 146 Å². The van der Waals surface area contributed by atoms with Crippen LogP contribution in [0, 0.1) is 23.7 Å². The number of rotatable bonds is 8. The van der Waals surface area contributed by atoms with Crippen molar-refractivity contribution in [2.75, 3.05) is 0 Å². The van der Waals surface area contributed by atoms with Gasteiger partial charge in [-0.3, -0.25) is 0 Å². The molecule has 0 saturated heterocycles. The molecule has 1 nitrogen and oxygen atoms in total. The number of thiophene rings is 1. The van der Waals surface area contributed by atoms with Crippen molar-refractivity contribution < 1.29 is 0 Å². The Morgan fingerprint density at radius 1 is 0.463 bits per heavy atom. The van der Waals surface area contributed by atoms with Gasteiger partial charge in [0.05, 0.1) is 11.0 Å². The second-order valence-electron chi connectivity index (χ2n) is 14.3. The van der Waals surface area contributed by atoms with E-state index in [-0.39, 0.29) is 0 Å². The Morgan fingerprint density at radius 3 is 1.69 bits per heavy atom. The van der Waals surface area contributed by atoms with E-state index in [0.29, 0.717) is 0 Å². The quantitative estimate of drug-likeness (QED) is 0.109. The lowest BCUT2D eigenvalue weighted by molar-refractivity contribution is 0.607. The van der Waals surface area contributed by atoms with Gasteiger partial charge in [-0.2, -0.15) is 0 Å². The van der Waals surface area contributed by atoms with Gasteiger partial charge >= 0.3 is 0 Å². The fourth-order valence-corrected chi connectivity index (χ4v) is 9.09. The number of benzene rings is 7. The monoisotopic (exact) mass is 711 g/mol. The molecule has 0 N–H and O–H groups in total. The van der Waals surface area contributed by atoms with Crippen LogP contribution in [0.3, 0.4) is 0 Å². The second kappa shape index (κ2) is 15.1. The van der Waals surface area contributed by atoms with Gasteiger partial charge in [-0.25, -0.2) is 0 Å². The van der Waals surface area contributed by atoms with Crippen LogP contribution in [-0.4, -0.2) is 4.57 Å². The summed E-state index contributed by atoms with van der Waals surface area (Å²) in [6, 6.07) is 52.5. The van der Waals surface area contributed by atoms with Crippen LogP contribution in [0.5, 0.6) is 0 Å². The van der Waals surface area contributed by atoms with E-state index in [4.69, 9.17) is 0 Å². The van der Waals surface area contributed by atoms with Gasteiger partial charge in [-0.1, -0.05) is 148 Å². The molecule has 0 amide bonds. The maximum absolute atomic E-state index is 3.45. The summed E-state index contributed by atoms with van der Waals surface area (Å²) in [5.74, 6) is 13.6. The minimum absolute atomic E-state index is 1.01. The molecule has 0 aliphatic rings. The van der Waals surface area contributed by atoms with Crippen molar-refractivity contribution >= 4 is 64.1 Å². The summed E-state index contributed by atoms with van der Waals surface area (Å²) in [5, 5.41) is 7.63. The minimum Gasteiger partial charge on any atom is -0.309 e. The fourth-order valence-electron chi connectivity index (χ4n) is 7.82. The molecule has 0 atom stereocenters. The van der Waals surface area contributed by atoms with Gasteiger partial charge in [0.25, 0.3) is 0 Å². The Labute approximate surface area is 321 Å². The van der Waals surface area contributed by atoms with Crippen molar-refractivity contribution in [3.63, 3.8) is 0 Å². The molecule has 2 heterocycles. The molecule has 0 spiro atoms. The third kappa shape index (κ3) is 6.67. The second-order valence-corrected chi connectivity index (χ2v) is 15.3. The SMILES string of the molecule is CCCCCCCCc1ccc(-n2c3cc(C#Cc4ccccc4)ccc3c3ccc4c(ccc5c6ccc(C#Cc7ccccc7)cc6sc54)c32)cc1. The number of aryl methyl sites for hydroxylation is 1. The van der Waals surface area contributed by atoms with E-state index in [1.165, 1.54) is 103 Å². The molecule has 54 heavy (non-hydrogen) atoms. The summed E-state index contributed by atoms with van der Waals surface area (Å²) in [5.41, 5.74) is 9.12. The van der Waals surface area contributed by atoms with E-state index in [1.807, 2.05) is 47.7 Å². The third-order valence-corrected chi connectivity index (χ3v) is 11.8. The molecule has 0 bridgehead atoms. The number of hydrogen-bond donors (Lipinski definition) is 0. The molecule has 0 aliphatic heterocycles. The van der Waals surface area contributed by atoms with Crippen LogP contribution in [0.2, 0.25) is 0 Å². The third-order valence-electron chi connectivity index (χ3n) is 10.6. The highest BCUT2D eigenvalue weighted by Gasteiger charge is 2.18. The predicted octanol–water partition coefficient (Wildman–Crippen LogP) is 14.0. The molecule has 0 aliphatic carbocycles. The molecule has 9 aromatic rings. The zero-order chi connectivity index (χ0) is 36.3. The Morgan fingerprint density at radius 2 is 1.00 bits per heavy atom. The van der Waals surface area contributed by atoms with Crippen LogP contribution in [0.25, 0.3) is 58.4 Å². The normalized spacial score (nSPS) is 11.3. The average Bonchev–Trinajstić information content (AvgIpc) is 3.77. The number of nitrogens with zero attached hydrogens (tertiary/aromatic N) is 1. The van der Waals surface area contributed by atoms with E-state index >= 15 is 0 Å². The molecule has 2 heteroatoms. The summed E-state index contributed by atoms with van der Waals surface area (Å²) in [4.78, 5) is 0. The Hall–Kier alpha value is -6.06. The number of aromatic nitrogens is 1. The first-order valence-electron chi connectivity index (χ1n) is 19.3. The summed E-state index contributed by atoms with van der Waals surface area (Å²) < 4.78 is 5.06. The van der Waals surface area contributed by atoms with Gasteiger partial charge in [0.2, 0.25) is 0 Å². The Kier molecular flexibility index (Phi) is 9.45. The first-order chi connectivity index (χ1) is 26.7. The van der Waals surface area contributed by atoms with Gasteiger partial charge in [-0.15, -0.1) is 11.3 Å². The smallest absolute Gasteiger partial charge is 0.0619 e. The van der Waals surface area contributed by atoms with Crippen molar-refractivity contribution in [1.29, 1.82) is 0 Å². The number of fused-ring (bicyclic) bond motifs is 9. The minimum atomic E-state index is 1.01. The van der Waals surface area contributed by atoms with Gasteiger partial charge in [0, 0.05) is 69.7 Å². The molecule has 2 aromatic heterocycles. The van der Waals surface area contributed by atoms with Crippen LogP contribution in [0.1, 0.15) is 73.3 Å². The lowest BCUT2D eigenvalue weighted by Crippen LogP contribution is -1.96. The highest BCUT2D eigenvalue weighted by molar-refractivity contribution is 7.26. The molecular weight excluding hydrogens is 671 g/mol. The van der Waals surface area contributed by atoms with Gasteiger partial charge < -0.3 is 4.57 Å². The lowest BCUT2D eigenvalue weighted by Gasteiger charge is -2.12. The van der Waals surface area contributed by atoms with Crippen molar-refractivity contribution in [3.8, 4) is 29.4 Å². The first-order valence-corrected chi connectivity index (χ1v) is 20.1. The highest BCUT2D eigenvalue weighted by atomic mass is 32.1. The van der Waals surface area contributed by atoms with E-state index in [2.05, 4.69) is 144 Å². The van der Waals surface area contributed by atoms with Crippen LogP contribution in [-0.2, 0) is 6.42 Å². The maximum atomic E-state index is 3.45. The molecule has 0 radical (unpaired) electrons. The molecule has 0 fully saturated rings. The fraction of sp³-hybridized carbons (Fsp3) is 0.154. The van der Waals surface area contributed by atoms with Crippen molar-refractivity contribution in [1.82, 2.24) is 4.57 Å². The zero-order valence-corrected chi connectivity index (χ0v) is 31.5. The summed E-state index contributed by atoms with van der Waals surface area (Å²) >= 11 is 1.87. The van der Waals surface area contributed by atoms with Gasteiger partial charge in [-0.05, 0) is 79.1 Å². The molecule has 0 saturated carbocycles. The van der Waals surface area contributed by atoms with Crippen LogP contribution < -0.4 is 0 Å². The van der Waals surface area contributed by atoms with Crippen molar-refractivity contribution in [2.45, 2.75) is 51.9 Å². The molecule has 7 aromatic carbocycles. The highest BCUT2D eigenvalue weighted by Crippen LogP contribution is 2.43. The van der Waals surface area contributed by atoms with E-state index in [0.717, 1.165) is 28.7 Å². The van der Waals surface area contributed by atoms with E-state index in [1.54, 1.807) is 0 Å². The predicted molar refractivity (Wildman–Crippen MR) is 233 cm³/mol. The maximum Gasteiger partial charge on any atom is 0.0619 e. The first kappa shape index (κ1) is 33.8. The van der Waals surface area contributed by atoms with E-state index < -0.39 is 0 Å². The molecule has 0 unspecified atom stereocenters. The zero-order valence-electron chi connectivity index (χ0n) is 30.7. The summed E-state index contributed by atoms with van der Waals surface area (Å²) in [7, 11) is 0. The van der Waals surface area contributed by atoms with Crippen LogP contribution in [0.4, 0.5) is 0 Å². The molecular formula is C52H41NS. The number of unbranched alkanes of at least 4 members (excludes halogenated alkanes) is 5. The summed E-state index contributed by atoms with van der Waals surface area (Å²) in [6.45, 7) is 2.28. The Balaban J connectivity index is 1.17. The summed E-state index contributed by atoms with van der Waals surface area (Å²) in [6.07, 6.45) is 9.02. The standard InChI is InChI=1S/C52H41NS/c1-2-3-4-5-6-9-18-39-23-27-42(28-24-39)53-49-35-40(21-19-37-14-10-7-11-15-37)25-29-43(49)45-31-34-48-46(51(45)53)32-33-47-44-30-26-41(36-50(44)54-52(47)48)22-20-38-16-12-8-13-17-38/h7-8,10-17,23-36H,2-6,9,18H2,1H3. The average molecular weight is 712 g/mol. The van der Waals surface area contributed by atoms with Crippen LogP contribution >= 0.6 is 11.3 Å². The largest absolute Gasteiger partial charge is 0.309 e. The van der Waals surface area contributed by atoms with Crippen molar-refractivity contribution in [3.05, 3.63) is 173 Å². The topological polar surface area (TPSA) is 4.93 Å². The van der Waals surface area contributed by atoms with E-state index in [9.17, 15) is 0 Å². The van der Waals surface area contributed by atoms with Gasteiger partial charge in [0.1, 0.15) is 0 Å². The molecule has 260 valence electrons. The Bertz CT molecular complexity index is 2900. The lowest BCUT2D eigenvalue weighted by atomic mass is 10.0. The number of hydrogen-bond acceptors (Lipinski definition) is 1. The molecule has 9 rings (SSSR count).